The van der Waals surface area contributed by atoms with Crippen molar-refractivity contribution in [2.75, 3.05) is 52.6 Å². The molecule has 1 aliphatic carbocycles. The van der Waals surface area contributed by atoms with E-state index in [2.05, 4.69) is 9.80 Å². The van der Waals surface area contributed by atoms with Crippen molar-refractivity contribution < 1.29 is 9.47 Å². The Morgan fingerprint density at radius 2 is 1.00 bits per heavy atom. The second-order valence-corrected chi connectivity index (χ2v) is 6.64. The first-order valence-corrected chi connectivity index (χ1v) is 8.38. The summed E-state index contributed by atoms with van der Waals surface area (Å²) in [6, 6.07) is 0. The zero-order valence-corrected chi connectivity index (χ0v) is 14.4. The van der Waals surface area contributed by atoms with Gasteiger partial charge in [-0.25, -0.2) is 0 Å². The molecule has 0 aromatic carbocycles. The summed E-state index contributed by atoms with van der Waals surface area (Å²) in [7, 11) is 0. The maximum Gasteiger partial charge on any atom is 0.151 e. The fraction of sp³-hybridized carbons (Fsp3) is 0.692. The van der Waals surface area contributed by atoms with E-state index in [-0.39, 0.29) is 0 Å². The van der Waals surface area contributed by atoms with E-state index in [1.165, 1.54) is 0 Å². The summed E-state index contributed by atoms with van der Waals surface area (Å²) in [5.74, 6) is 0. The van der Waals surface area contributed by atoms with E-state index >= 15 is 0 Å². The standard InChI is InChI=1S/C13H16Cl4N2O2/c14-9-10(15)12(17)13(11(9)16,18-1-5-20-6-2-18)19-3-7-21-8-4-19/h1-8H2. The molecule has 2 fully saturated rings. The van der Waals surface area contributed by atoms with Gasteiger partial charge in [-0.1, -0.05) is 46.4 Å². The lowest BCUT2D eigenvalue weighted by Crippen LogP contribution is -2.65. The summed E-state index contributed by atoms with van der Waals surface area (Å²) >= 11 is 25.8. The summed E-state index contributed by atoms with van der Waals surface area (Å²) in [6.07, 6.45) is 0. The Morgan fingerprint density at radius 3 is 1.33 bits per heavy atom. The molecule has 0 N–H and O–H groups in total. The average Bonchev–Trinajstić information content (AvgIpc) is 2.71. The second kappa shape index (κ2) is 6.54. The highest BCUT2D eigenvalue weighted by atomic mass is 35.5. The van der Waals surface area contributed by atoms with Crippen molar-refractivity contribution in [3.63, 3.8) is 0 Å². The van der Waals surface area contributed by atoms with Crippen molar-refractivity contribution in [3.05, 3.63) is 20.1 Å². The molecule has 0 radical (unpaired) electrons. The quantitative estimate of drug-likeness (QED) is 0.743. The average molecular weight is 374 g/mol. The first kappa shape index (κ1) is 16.3. The van der Waals surface area contributed by atoms with Crippen LogP contribution in [-0.2, 0) is 9.47 Å². The molecular formula is C13H16Cl4N2O2. The summed E-state index contributed by atoms with van der Waals surface area (Å²) in [5, 5.41) is 1.62. The highest BCUT2D eigenvalue weighted by Crippen LogP contribution is 2.52. The van der Waals surface area contributed by atoms with E-state index in [0.29, 0.717) is 46.6 Å². The highest BCUT2D eigenvalue weighted by molar-refractivity contribution is 6.54. The number of morpholine rings is 2. The van der Waals surface area contributed by atoms with Gasteiger partial charge < -0.3 is 9.47 Å². The Labute approximate surface area is 144 Å². The minimum Gasteiger partial charge on any atom is -0.379 e. The lowest BCUT2D eigenvalue weighted by Gasteiger charge is -2.51. The fourth-order valence-electron chi connectivity index (χ4n) is 3.12. The molecule has 0 unspecified atom stereocenters. The third kappa shape index (κ3) is 2.54. The molecule has 0 spiro atoms. The molecule has 2 heterocycles. The van der Waals surface area contributed by atoms with E-state index in [1.54, 1.807) is 0 Å². The van der Waals surface area contributed by atoms with Crippen molar-refractivity contribution in [1.29, 1.82) is 0 Å². The summed E-state index contributed by atoms with van der Waals surface area (Å²) in [5.41, 5.74) is -0.773. The van der Waals surface area contributed by atoms with E-state index in [0.717, 1.165) is 26.2 Å². The molecule has 0 amide bonds. The molecule has 0 bridgehead atoms. The zero-order valence-electron chi connectivity index (χ0n) is 11.4. The Balaban J connectivity index is 2.06. The van der Waals surface area contributed by atoms with Gasteiger partial charge in [0.2, 0.25) is 0 Å². The number of hydrogen-bond acceptors (Lipinski definition) is 4. The van der Waals surface area contributed by atoms with E-state index < -0.39 is 5.66 Å². The van der Waals surface area contributed by atoms with Crippen LogP contribution in [0, 0.1) is 0 Å². The van der Waals surface area contributed by atoms with Gasteiger partial charge in [0.05, 0.1) is 46.6 Å². The van der Waals surface area contributed by atoms with Crippen LogP contribution in [0.1, 0.15) is 0 Å². The first-order chi connectivity index (χ1) is 10.1. The smallest absolute Gasteiger partial charge is 0.151 e. The van der Waals surface area contributed by atoms with Crippen molar-refractivity contribution in [3.8, 4) is 0 Å². The maximum absolute atomic E-state index is 6.61. The number of ether oxygens (including phenoxy) is 2. The molecule has 3 aliphatic rings. The SMILES string of the molecule is ClC1=C(Cl)C(N2CCOCC2)(N2CCOCC2)C(Cl)=C1Cl. The van der Waals surface area contributed by atoms with Gasteiger partial charge in [-0.2, -0.15) is 0 Å². The molecule has 0 saturated carbocycles. The highest BCUT2D eigenvalue weighted by Gasteiger charge is 2.54. The van der Waals surface area contributed by atoms with Gasteiger partial charge in [0.1, 0.15) is 0 Å². The van der Waals surface area contributed by atoms with Crippen LogP contribution in [0.15, 0.2) is 20.1 Å². The number of nitrogens with zero attached hydrogens (tertiary/aromatic N) is 2. The topological polar surface area (TPSA) is 24.9 Å². The van der Waals surface area contributed by atoms with Gasteiger partial charge in [0, 0.05) is 26.2 Å². The van der Waals surface area contributed by atoms with E-state index in [4.69, 9.17) is 55.9 Å². The molecule has 4 nitrogen and oxygen atoms in total. The van der Waals surface area contributed by atoms with Gasteiger partial charge in [-0.15, -0.1) is 0 Å². The van der Waals surface area contributed by atoms with Crippen molar-refractivity contribution >= 4 is 46.4 Å². The van der Waals surface area contributed by atoms with Gasteiger partial charge in [-0.05, 0) is 0 Å². The third-order valence-corrected chi connectivity index (χ3v) is 6.08. The maximum atomic E-state index is 6.61. The molecule has 2 saturated heterocycles. The summed E-state index contributed by atoms with van der Waals surface area (Å²) in [6.45, 7) is 5.42. The van der Waals surface area contributed by atoms with Crippen LogP contribution in [0.25, 0.3) is 0 Å². The minimum absolute atomic E-state index is 0.335. The molecule has 2 aliphatic heterocycles. The number of allylic oxidation sites excluding steroid dienone is 2. The predicted octanol–water partition coefficient (Wildman–Crippen LogP) is 2.74. The number of halogens is 4. The van der Waals surface area contributed by atoms with E-state index in [1.807, 2.05) is 0 Å². The van der Waals surface area contributed by atoms with Crippen LogP contribution in [0.4, 0.5) is 0 Å². The van der Waals surface area contributed by atoms with Crippen molar-refractivity contribution in [2.45, 2.75) is 5.66 Å². The fourth-order valence-corrected chi connectivity index (χ4v) is 4.58. The lowest BCUT2D eigenvalue weighted by molar-refractivity contribution is -0.0852. The number of hydrogen-bond donors (Lipinski definition) is 0. The predicted molar refractivity (Wildman–Crippen MR) is 85.0 cm³/mol. The lowest BCUT2D eigenvalue weighted by atomic mass is 10.1. The first-order valence-electron chi connectivity index (χ1n) is 6.87. The Kier molecular flexibility index (Phi) is 5.09. The van der Waals surface area contributed by atoms with Crippen LogP contribution in [0.2, 0.25) is 0 Å². The molecule has 21 heavy (non-hydrogen) atoms. The van der Waals surface area contributed by atoms with Gasteiger partial charge in [0.25, 0.3) is 0 Å². The van der Waals surface area contributed by atoms with Gasteiger partial charge >= 0.3 is 0 Å². The Hall–Kier alpha value is 0.480. The van der Waals surface area contributed by atoms with Crippen molar-refractivity contribution in [2.24, 2.45) is 0 Å². The minimum atomic E-state index is -0.773. The van der Waals surface area contributed by atoms with Gasteiger partial charge in [-0.3, -0.25) is 9.80 Å². The molecule has 8 heteroatoms. The second-order valence-electron chi connectivity index (χ2n) is 5.13. The molecule has 3 rings (SSSR count). The molecular weight excluding hydrogens is 358 g/mol. The van der Waals surface area contributed by atoms with Crippen LogP contribution in [-0.4, -0.2) is 68.1 Å². The molecule has 0 atom stereocenters. The molecule has 118 valence electrons. The normalized spacial score (nSPS) is 28.6. The molecule has 0 aromatic rings. The third-order valence-electron chi connectivity index (χ3n) is 4.13. The Morgan fingerprint density at radius 1 is 0.667 bits per heavy atom. The summed E-state index contributed by atoms with van der Waals surface area (Å²) in [4.78, 5) is 4.40. The summed E-state index contributed by atoms with van der Waals surface area (Å²) < 4.78 is 10.9. The monoisotopic (exact) mass is 372 g/mol. The van der Waals surface area contributed by atoms with Crippen LogP contribution in [0.3, 0.4) is 0 Å². The Bertz CT molecular complexity index is 439. The molecule has 0 aromatic heterocycles. The number of rotatable bonds is 2. The van der Waals surface area contributed by atoms with Crippen LogP contribution < -0.4 is 0 Å². The van der Waals surface area contributed by atoms with Crippen LogP contribution in [0.5, 0.6) is 0 Å². The largest absolute Gasteiger partial charge is 0.379 e. The van der Waals surface area contributed by atoms with Crippen molar-refractivity contribution in [1.82, 2.24) is 9.80 Å². The zero-order chi connectivity index (χ0) is 15.0. The van der Waals surface area contributed by atoms with Crippen LogP contribution >= 0.6 is 46.4 Å². The van der Waals surface area contributed by atoms with Gasteiger partial charge in [0.15, 0.2) is 5.66 Å². The van der Waals surface area contributed by atoms with E-state index in [9.17, 15) is 0 Å².